The molecule has 5 nitrogen and oxygen atoms in total. The number of methoxy groups -OCH3 is 4. The lowest BCUT2D eigenvalue weighted by Gasteiger charge is -2.15. The average Bonchev–Trinajstić information content (AvgIpc) is 2.61. The van der Waals surface area contributed by atoms with Gasteiger partial charge in [0, 0.05) is 24.2 Å². The van der Waals surface area contributed by atoms with Crippen LogP contribution in [0.4, 0.5) is 0 Å². The van der Waals surface area contributed by atoms with Crippen molar-refractivity contribution in [1.82, 2.24) is 5.32 Å². The van der Waals surface area contributed by atoms with E-state index in [1.165, 1.54) is 0 Å². The summed E-state index contributed by atoms with van der Waals surface area (Å²) in [6, 6.07) is 11.5. The number of ether oxygens (including phenoxy) is 4. The molecule has 1 N–H and O–H groups in total. The molecule has 124 valence electrons. The third-order valence-electron chi connectivity index (χ3n) is 3.63. The second-order valence-corrected chi connectivity index (χ2v) is 4.92. The first-order valence-corrected chi connectivity index (χ1v) is 7.35. The summed E-state index contributed by atoms with van der Waals surface area (Å²) in [5.74, 6) is 3.23. The van der Waals surface area contributed by atoms with Crippen LogP contribution in [0.1, 0.15) is 11.1 Å². The first kappa shape index (κ1) is 17.0. The van der Waals surface area contributed by atoms with Crippen LogP contribution in [-0.2, 0) is 13.1 Å². The smallest absolute Gasteiger partial charge is 0.127 e. The summed E-state index contributed by atoms with van der Waals surface area (Å²) in [7, 11) is 6.62. The lowest BCUT2D eigenvalue weighted by Crippen LogP contribution is -2.15. The van der Waals surface area contributed by atoms with Crippen LogP contribution in [0.25, 0.3) is 0 Å². The number of benzene rings is 2. The van der Waals surface area contributed by atoms with Crippen LogP contribution in [0.15, 0.2) is 36.4 Å². The predicted molar refractivity (Wildman–Crippen MR) is 89.6 cm³/mol. The normalized spacial score (nSPS) is 10.3. The highest BCUT2D eigenvalue weighted by atomic mass is 16.5. The average molecular weight is 317 g/mol. The SMILES string of the molecule is COc1ccc(OC)c(CNCc2c(OC)cccc2OC)c1. The summed E-state index contributed by atoms with van der Waals surface area (Å²) in [5.41, 5.74) is 2.01. The van der Waals surface area contributed by atoms with Crippen molar-refractivity contribution in [3.63, 3.8) is 0 Å². The third-order valence-corrected chi connectivity index (χ3v) is 3.63. The second-order valence-electron chi connectivity index (χ2n) is 4.92. The molecule has 0 aromatic heterocycles. The predicted octanol–water partition coefficient (Wildman–Crippen LogP) is 3.01. The number of rotatable bonds is 8. The molecular weight excluding hydrogens is 294 g/mol. The van der Waals surface area contributed by atoms with Gasteiger partial charge in [-0.2, -0.15) is 0 Å². The largest absolute Gasteiger partial charge is 0.497 e. The van der Waals surface area contributed by atoms with Gasteiger partial charge in [-0.25, -0.2) is 0 Å². The molecular formula is C18H23NO4. The van der Waals surface area contributed by atoms with Gasteiger partial charge in [0.05, 0.1) is 28.4 Å². The van der Waals surface area contributed by atoms with Crippen molar-refractivity contribution in [2.75, 3.05) is 28.4 Å². The fraction of sp³-hybridized carbons (Fsp3) is 0.333. The molecule has 5 heteroatoms. The van der Waals surface area contributed by atoms with Crippen molar-refractivity contribution in [3.05, 3.63) is 47.5 Å². The number of hydrogen-bond donors (Lipinski definition) is 1. The Morgan fingerprint density at radius 2 is 1.39 bits per heavy atom. The summed E-state index contributed by atoms with van der Waals surface area (Å²) < 4.78 is 21.5. The van der Waals surface area contributed by atoms with E-state index in [0.29, 0.717) is 13.1 Å². The van der Waals surface area contributed by atoms with Gasteiger partial charge in [0.2, 0.25) is 0 Å². The molecule has 0 aliphatic rings. The molecule has 2 aromatic carbocycles. The molecule has 0 radical (unpaired) electrons. The zero-order valence-corrected chi connectivity index (χ0v) is 14.0. The van der Waals surface area contributed by atoms with E-state index in [1.54, 1.807) is 28.4 Å². The molecule has 0 spiro atoms. The highest BCUT2D eigenvalue weighted by molar-refractivity contribution is 5.45. The Kier molecular flexibility index (Phi) is 6.11. The van der Waals surface area contributed by atoms with E-state index in [-0.39, 0.29) is 0 Å². The van der Waals surface area contributed by atoms with Crippen molar-refractivity contribution in [3.8, 4) is 23.0 Å². The van der Waals surface area contributed by atoms with Crippen molar-refractivity contribution in [2.24, 2.45) is 0 Å². The molecule has 2 rings (SSSR count). The van der Waals surface area contributed by atoms with E-state index >= 15 is 0 Å². The molecule has 0 amide bonds. The highest BCUT2D eigenvalue weighted by Crippen LogP contribution is 2.28. The maximum Gasteiger partial charge on any atom is 0.127 e. The molecule has 0 fully saturated rings. The summed E-state index contributed by atoms with van der Waals surface area (Å²) >= 11 is 0. The molecule has 23 heavy (non-hydrogen) atoms. The Hall–Kier alpha value is -2.40. The van der Waals surface area contributed by atoms with E-state index in [1.807, 2.05) is 36.4 Å². The standard InChI is InChI=1S/C18H23NO4/c1-20-14-8-9-16(21-2)13(10-14)11-19-12-15-17(22-3)6-5-7-18(15)23-4/h5-10,19H,11-12H2,1-4H3. The molecule has 0 saturated heterocycles. The van der Waals surface area contributed by atoms with Gasteiger partial charge < -0.3 is 24.3 Å². The van der Waals surface area contributed by atoms with Crippen LogP contribution in [0.3, 0.4) is 0 Å². The molecule has 0 bridgehead atoms. The van der Waals surface area contributed by atoms with Crippen molar-refractivity contribution >= 4 is 0 Å². The minimum Gasteiger partial charge on any atom is -0.497 e. The lowest BCUT2D eigenvalue weighted by molar-refractivity contribution is 0.381. The highest BCUT2D eigenvalue weighted by Gasteiger charge is 2.10. The molecule has 0 aliphatic carbocycles. The summed E-state index contributed by atoms with van der Waals surface area (Å²) in [5, 5.41) is 3.40. The summed E-state index contributed by atoms with van der Waals surface area (Å²) in [6.45, 7) is 1.26. The molecule has 0 saturated carbocycles. The fourth-order valence-corrected chi connectivity index (χ4v) is 2.44. The molecule has 2 aromatic rings. The van der Waals surface area contributed by atoms with Gasteiger partial charge in [-0.05, 0) is 30.3 Å². The monoisotopic (exact) mass is 317 g/mol. The fourth-order valence-electron chi connectivity index (χ4n) is 2.44. The van der Waals surface area contributed by atoms with Gasteiger partial charge in [0.1, 0.15) is 23.0 Å². The van der Waals surface area contributed by atoms with Crippen molar-refractivity contribution < 1.29 is 18.9 Å². The van der Waals surface area contributed by atoms with Crippen LogP contribution < -0.4 is 24.3 Å². The van der Waals surface area contributed by atoms with Crippen LogP contribution >= 0.6 is 0 Å². The van der Waals surface area contributed by atoms with E-state index in [4.69, 9.17) is 18.9 Å². The zero-order valence-electron chi connectivity index (χ0n) is 14.0. The van der Waals surface area contributed by atoms with Gasteiger partial charge in [0.15, 0.2) is 0 Å². The first-order valence-electron chi connectivity index (χ1n) is 7.35. The van der Waals surface area contributed by atoms with Gasteiger partial charge in [0.25, 0.3) is 0 Å². The maximum absolute atomic E-state index is 5.41. The maximum atomic E-state index is 5.41. The Morgan fingerprint density at radius 3 is 1.96 bits per heavy atom. The minimum atomic E-state index is 0.619. The molecule has 0 atom stereocenters. The van der Waals surface area contributed by atoms with Gasteiger partial charge in [-0.3, -0.25) is 0 Å². The summed E-state index contributed by atoms with van der Waals surface area (Å²) in [4.78, 5) is 0. The molecule has 0 unspecified atom stereocenters. The van der Waals surface area contributed by atoms with Crippen molar-refractivity contribution in [1.29, 1.82) is 0 Å². The van der Waals surface area contributed by atoms with Crippen LogP contribution in [-0.4, -0.2) is 28.4 Å². The van der Waals surface area contributed by atoms with Gasteiger partial charge in [-0.1, -0.05) is 6.07 Å². The quantitative estimate of drug-likeness (QED) is 0.811. The van der Waals surface area contributed by atoms with Gasteiger partial charge >= 0.3 is 0 Å². The van der Waals surface area contributed by atoms with E-state index in [9.17, 15) is 0 Å². The van der Waals surface area contributed by atoms with E-state index in [0.717, 1.165) is 34.1 Å². The first-order chi connectivity index (χ1) is 11.2. The Bertz CT molecular complexity index is 621. The summed E-state index contributed by atoms with van der Waals surface area (Å²) in [6.07, 6.45) is 0. The zero-order chi connectivity index (χ0) is 16.7. The minimum absolute atomic E-state index is 0.619. The van der Waals surface area contributed by atoms with E-state index in [2.05, 4.69) is 5.32 Å². The van der Waals surface area contributed by atoms with Gasteiger partial charge in [-0.15, -0.1) is 0 Å². The topological polar surface area (TPSA) is 49.0 Å². The Labute approximate surface area is 137 Å². The lowest BCUT2D eigenvalue weighted by atomic mass is 10.1. The molecule has 0 heterocycles. The van der Waals surface area contributed by atoms with Crippen LogP contribution in [0.2, 0.25) is 0 Å². The second kappa shape index (κ2) is 8.29. The van der Waals surface area contributed by atoms with E-state index < -0.39 is 0 Å². The number of nitrogens with one attached hydrogen (secondary N) is 1. The molecule has 0 aliphatic heterocycles. The number of hydrogen-bond acceptors (Lipinski definition) is 5. The third kappa shape index (κ3) is 4.07. The Balaban J connectivity index is 2.11. The van der Waals surface area contributed by atoms with Crippen molar-refractivity contribution in [2.45, 2.75) is 13.1 Å². The van der Waals surface area contributed by atoms with Crippen LogP contribution in [0.5, 0.6) is 23.0 Å². The van der Waals surface area contributed by atoms with Crippen LogP contribution in [0, 0.1) is 0 Å². The Morgan fingerprint density at radius 1 is 0.739 bits per heavy atom.